The Balaban J connectivity index is 2.33. The molecule has 1 fully saturated rings. The number of benzene rings is 1. The van der Waals surface area contributed by atoms with Crippen molar-refractivity contribution in [2.75, 3.05) is 5.32 Å². The monoisotopic (exact) mass is 285 g/mol. The lowest BCUT2D eigenvalue weighted by Gasteiger charge is -2.14. The molecule has 0 bridgehead atoms. The van der Waals surface area contributed by atoms with Gasteiger partial charge in [0.25, 0.3) is 0 Å². The van der Waals surface area contributed by atoms with Crippen LogP contribution in [-0.2, 0) is 0 Å². The van der Waals surface area contributed by atoms with Gasteiger partial charge in [0.15, 0.2) is 0 Å². The summed E-state index contributed by atoms with van der Waals surface area (Å²) in [5.74, 6) is -0.191. The van der Waals surface area contributed by atoms with Crippen LogP contribution < -0.4 is 5.32 Å². The van der Waals surface area contributed by atoms with Gasteiger partial charge in [0.05, 0.1) is 0 Å². The molecule has 0 aliphatic heterocycles. The molecule has 21 heavy (non-hydrogen) atoms. The van der Waals surface area contributed by atoms with Crippen molar-refractivity contribution < 1.29 is 4.39 Å². The Hall–Kier alpha value is -1.83. The third-order valence-corrected chi connectivity index (χ3v) is 4.14. The molecule has 1 saturated carbocycles. The highest BCUT2D eigenvalue weighted by molar-refractivity contribution is 5.70. The zero-order chi connectivity index (χ0) is 15.4. The van der Waals surface area contributed by atoms with Crippen LogP contribution in [0.25, 0.3) is 6.08 Å². The molecule has 0 spiro atoms. The quantitative estimate of drug-likeness (QED) is 0.662. The lowest BCUT2D eigenvalue weighted by molar-refractivity contribution is 0.627. The second kappa shape index (κ2) is 6.75. The van der Waals surface area contributed by atoms with Gasteiger partial charge in [-0.2, -0.15) is 0 Å². The van der Waals surface area contributed by atoms with E-state index in [0.717, 1.165) is 40.9 Å². The van der Waals surface area contributed by atoms with Gasteiger partial charge in [-0.15, -0.1) is 0 Å². The molecule has 112 valence electrons. The van der Waals surface area contributed by atoms with E-state index in [1.54, 1.807) is 6.07 Å². The third-order valence-electron chi connectivity index (χ3n) is 4.14. The fraction of sp³-hybridized carbons (Fsp3) is 0.368. The van der Waals surface area contributed by atoms with Crippen molar-refractivity contribution in [3.63, 3.8) is 0 Å². The molecule has 1 N–H and O–H groups in total. The lowest BCUT2D eigenvalue weighted by Crippen LogP contribution is -2.01. The van der Waals surface area contributed by atoms with E-state index >= 15 is 0 Å². The Bertz CT molecular complexity index is 600. The first kappa shape index (κ1) is 15.6. The maximum absolute atomic E-state index is 13.6. The van der Waals surface area contributed by atoms with Crippen molar-refractivity contribution in [1.29, 1.82) is 0 Å². The van der Waals surface area contributed by atoms with Crippen molar-refractivity contribution in [1.82, 2.24) is 0 Å². The summed E-state index contributed by atoms with van der Waals surface area (Å²) in [6.45, 7) is 10.0. The summed E-state index contributed by atoms with van der Waals surface area (Å²) >= 11 is 0. The Kier molecular flexibility index (Phi) is 5.00. The van der Waals surface area contributed by atoms with Crippen LogP contribution in [0.3, 0.4) is 0 Å². The minimum atomic E-state index is -0.191. The molecule has 1 aliphatic rings. The van der Waals surface area contributed by atoms with Crippen LogP contribution in [0.2, 0.25) is 0 Å². The van der Waals surface area contributed by atoms with E-state index < -0.39 is 0 Å². The summed E-state index contributed by atoms with van der Waals surface area (Å²) in [6.07, 6.45) is 6.90. The Morgan fingerprint density at radius 1 is 1.19 bits per heavy atom. The molecule has 1 nitrogen and oxygen atoms in total. The van der Waals surface area contributed by atoms with Gasteiger partial charge in [-0.1, -0.05) is 23.8 Å². The smallest absolute Gasteiger partial charge is 0.123 e. The summed E-state index contributed by atoms with van der Waals surface area (Å²) in [7, 11) is 0. The maximum atomic E-state index is 13.6. The molecule has 0 heterocycles. The molecule has 2 heteroatoms. The molecule has 1 aromatic carbocycles. The van der Waals surface area contributed by atoms with E-state index in [0.29, 0.717) is 0 Å². The van der Waals surface area contributed by atoms with E-state index in [1.807, 2.05) is 26.8 Å². The number of hydrogen-bond acceptors (Lipinski definition) is 1. The molecular weight excluding hydrogens is 261 g/mol. The predicted molar refractivity (Wildman–Crippen MR) is 89.7 cm³/mol. The normalized spacial score (nSPS) is 15.7. The van der Waals surface area contributed by atoms with Crippen LogP contribution in [0, 0.1) is 5.82 Å². The van der Waals surface area contributed by atoms with Gasteiger partial charge in [-0.05, 0) is 70.2 Å². The van der Waals surface area contributed by atoms with Crippen LogP contribution in [0.4, 0.5) is 10.1 Å². The van der Waals surface area contributed by atoms with E-state index in [4.69, 9.17) is 0 Å². The highest BCUT2D eigenvalue weighted by atomic mass is 19.1. The van der Waals surface area contributed by atoms with Gasteiger partial charge in [0.2, 0.25) is 0 Å². The van der Waals surface area contributed by atoms with Crippen molar-refractivity contribution in [2.24, 2.45) is 0 Å². The molecule has 2 rings (SSSR count). The SMILES string of the molecule is C=C(C)/C(C)=C(\C)Nc1ccc(F)cc1C=C1CCCC1. The topological polar surface area (TPSA) is 12.0 Å². The standard InChI is InChI=1S/C19H24FN/c1-13(2)14(3)15(4)21-19-10-9-18(20)12-17(19)11-16-7-5-6-8-16/h9-12,21H,1,5-8H2,2-4H3/b15-14+. The first-order chi connectivity index (χ1) is 9.97. The molecular formula is C19H24FN. The van der Waals surface area contributed by atoms with Gasteiger partial charge in [-0.25, -0.2) is 4.39 Å². The first-order valence-electron chi connectivity index (χ1n) is 7.57. The van der Waals surface area contributed by atoms with Crippen molar-refractivity contribution in [2.45, 2.75) is 46.5 Å². The molecule has 1 aliphatic carbocycles. The summed E-state index contributed by atoms with van der Waals surface area (Å²) in [6, 6.07) is 4.92. The molecule has 0 saturated heterocycles. The third kappa shape index (κ3) is 4.07. The highest BCUT2D eigenvalue weighted by Gasteiger charge is 2.09. The molecule has 0 radical (unpaired) electrons. The Labute approximate surface area is 127 Å². The van der Waals surface area contributed by atoms with Gasteiger partial charge < -0.3 is 5.32 Å². The highest BCUT2D eigenvalue weighted by Crippen LogP contribution is 2.29. The zero-order valence-corrected chi connectivity index (χ0v) is 13.2. The Morgan fingerprint density at radius 2 is 1.86 bits per heavy atom. The van der Waals surface area contributed by atoms with E-state index in [-0.39, 0.29) is 5.82 Å². The second-order valence-electron chi connectivity index (χ2n) is 5.90. The van der Waals surface area contributed by atoms with Gasteiger partial charge in [0, 0.05) is 16.9 Å². The minimum Gasteiger partial charge on any atom is -0.358 e. The second-order valence-corrected chi connectivity index (χ2v) is 5.90. The summed E-state index contributed by atoms with van der Waals surface area (Å²) in [4.78, 5) is 0. The van der Waals surface area contributed by atoms with E-state index in [9.17, 15) is 4.39 Å². The Morgan fingerprint density at radius 3 is 2.48 bits per heavy atom. The van der Waals surface area contributed by atoms with E-state index in [1.165, 1.54) is 24.5 Å². The number of halogens is 1. The number of hydrogen-bond donors (Lipinski definition) is 1. The molecule has 0 aromatic heterocycles. The van der Waals surface area contributed by atoms with Gasteiger partial charge in [0.1, 0.15) is 5.82 Å². The lowest BCUT2D eigenvalue weighted by atomic mass is 10.1. The van der Waals surface area contributed by atoms with Gasteiger partial charge in [-0.3, -0.25) is 0 Å². The zero-order valence-electron chi connectivity index (χ0n) is 13.2. The van der Waals surface area contributed by atoms with Crippen molar-refractivity contribution in [3.8, 4) is 0 Å². The summed E-state index contributed by atoms with van der Waals surface area (Å²) < 4.78 is 13.6. The summed E-state index contributed by atoms with van der Waals surface area (Å²) in [5.41, 5.74) is 6.54. The van der Waals surface area contributed by atoms with Gasteiger partial charge >= 0.3 is 0 Å². The number of nitrogens with one attached hydrogen (secondary N) is 1. The molecule has 0 atom stereocenters. The van der Waals surface area contributed by atoms with Crippen molar-refractivity contribution in [3.05, 3.63) is 58.6 Å². The van der Waals surface area contributed by atoms with Crippen molar-refractivity contribution >= 4 is 11.8 Å². The van der Waals surface area contributed by atoms with E-state index in [2.05, 4.69) is 18.0 Å². The summed E-state index contributed by atoms with van der Waals surface area (Å²) in [5, 5.41) is 3.40. The average Bonchev–Trinajstić information content (AvgIpc) is 2.93. The fourth-order valence-electron chi connectivity index (χ4n) is 2.58. The number of rotatable bonds is 4. The fourth-order valence-corrected chi connectivity index (χ4v) is 2.58. The molecule has 0 unspecified atom stereocenters. The van der Waals surface area contributed by atoms with Crippen LogP contribution >= 0.6 is 0 Å². The average molecular weight is 285 g/mol. The van der Waals surface area contributed by atoms with Crippen LogP contribution in [0.15, 0.2) is 47.2 Å². The predicted octanol–water partition coefficient (Wildman–Crippen LogP) is 6.07. The maximum Gasteiger partial charge on any atom is 0.123 e. The largest absolute Gasteiger partial charge is 0.358 e. The molecule has 1 aromatic rings. The van der Waals surface area contributed by atoms with Crippen LogP contribution in [0.5, 0.6) is 0 Å². The van der Waals surface area contributed by atoms with Crippen LogP contribution in [-0.4, -0.2) is 0 Å². The number of anilines is 1. The molecule has 0 amide bonds. The first-order valence-corrected chi connectivity index (χ1v) is 7.57. The minimum absolute atomic E-state index is 0.191. The number of allylic oxidation sites excluding steroid dienone is 4. The van der Waals surface area contributed by atoms with Crippen LogP contribution in [0.1, 0.15) is 52.0 Å².